The topological polar surface area (TPSA) is 89.3 Å². The number of hydrogen-bond acceptors (Lipinski definition) is 6. The molecular formula is C15H17N3O4S2. The van der Waals surface area contributed by atoms with Gasteiger partial charge in [0, 0.05) is 31.1 Å². The summed E-state index contributed by atoms with van der Waals surface area (Å²) < 4.78 is 26.1. The Morgan fingerprint density at radius 3 is 2.75 bits per heavy atom. The zero-order valence-electron chi connectivity index (χ0n) is 13.1. The molecule has 1 aliphatic heterocycles. The van der Waals surface area contributed by atoms with Gasteiger partial charge in [0.05, 0.1) is 11.0 Å². The van der Waals surface area contributed by atoms with E-state index >= 15 is 0 Å². The fraction of sp³-hybridized carbons (Fsp3) is 0.400. The third-order valence-electron chi connectivity index (χ3n) is 4.07. The Bertz CT molecular complexity index is 903. The molecule has 0 unspecified atom stereocenters. The van der Waals surface area contributed by atoms with Crippen LogP contribution in [0.3, 0.4) is 0 Å². The first kappa shape index (κ1) is 16.8. The van der Waals surface area contributed by atoms with Crippen LogP contribution in [0.4, 0.5) is 0 Å². The third-order valence-corrected chi connectivity index (χ3v) is 7.31. The number of thiophene rings is 1. The molecule has 3 rings (SSSR count). The smallest absolute Gasteiger partial charge is 0.274 e. The molecule has 0 bridgehead atoms. The summed E-state index contributed by atoms with van der Waals surface area (Å²) in [7, 11) is -1.83. The highest BCUT2D eigenvalue weighted by Gasteiger charge is 2.33. The number of aromatic nitrogens is 2. The molecule has 7 nitrogen and oxygen atoms in total. The first-order valence-electron chi connectivity index (χ1n) is 7.47. The van der Waals surface area contributed by atoms with Crippen LogP contribution in [-0.2, 0) is 16.9 Å². The van der Waals surface area contributed by atoms with Gasteiger partial charge < -0.3 is 4.90 Å². The largest absolute Gasteiger partial charge is 0.336 e. The summed E-state index contributed by atoms with van der Waals surface area (Å²) in [4.78, 5) is 26.3. The highest BCUT2D eigenvalue weighted by atomic mass is 32.2. The monoisotopic (exact) mass is 367 g/mol. The molecule has 24 heavy (non-hydrogen) atoms. The minimum atomic E-state index is -3.31. The summed E-state index contributed by atoms with van der Waals surface area (Å²) in [5, 5.41) is 5.24. The average Bonchev–Trinajstić information content (AvgIpc) is 3.01. The summed E-state index contributed by atoms with van der Waals surface area (Å²) in [5.41, 5.74) is -0.160. The summed E-state index contributed by atoms with van der Waals surface area (Å²) in [6.07, 6.45) is 0.361. The highest BCUT2D eigenvalue weighted by Crippen LogP contribution is 2.32. The maximum absolute atomic E-state index is 12.6. The van der Waals surface area contributed by atoms with E-state index in [4.69, 9.17) is 0 Å². The van der Waals surface area contributed by atoms with E-state index in [-0.39, 0.29) is 29.5 Å². The lowest BCUT2D eigenvalue weighted by Gasteiger charge is -2.19. The van der Waals surface area contributed by atoms with E-state index in [0.717, 1.165) is 9.56 Å². The van der Waals surface area contributed by atoms with Crippen LogP contribution in [0.2, 0.25) is 0 Å². The zero-order valence-corrected chi connectivity index (χ0v) is 14.7. The summed E-state index contributed by atoms with van der Waals surface area (Å²) in [6.45, 7) is 0.471. The van der Waals surface area contributed by atoms with E-state index < -0.39 is 15.1 Å². The first-order chi connectivity index (χ1) is 11.4. The lowest BCUT2D eigenvalue weighted by Crippen LogP contribution is -2.35. The minimum absolute atomic E-state index is 0.0763. The van der Waals surface area contributed by atoms with Gasteiger partial charge in [-0.2, -0.15) is 5.10 Å². The van der Waals surface area contributed by atoms with Crippen molar-refractivity contribution in [3.8, 4) is 0 Å². The SMILES string of the molecule is Cn1nc(C(=O)N2CC[C@H](c3cccs3)S(=O)(=O)CC2)ccc1=O. The van der Waals surface area contributed by atoms with Crippen molar-refractivity contribution in [3.05, 3.63) is 50.6 Å². The first-order valence-corrected chi connectivity index (χ1v) is 10.1. The Morgan fingerprint density at radius 1 is 1.29 bits per heavy atom. The molecule has 2 aromatic heterocycles. The number of sulfone groups is 1. The van der Waals surface area contributed by atoms with Gasteiger partial charge in [-0.3, -0.25) is 9.59 Å². The molecule has 0 saturated carbocycles. The molecule has 1 atom stereocenters. The van der Waals surface area contributed by atoms with E-state index in [2.05, 4.69) is 5.10 Å². The van der Waals surface area contributed by atoms with Gasteiger partial charge in [-0.25, -0.2) is 13.1 Å². The Balaban J connectivity index is 1.83. The quantitative estimate of drug-likeness (QED) is 0.785. The second kappa shape index (κ2) is 6.48. The standard InChI is InChI=1S/C15H17N3O4S2/c1-17-14(19)5-4-11(16-17)15(20)18-7-6-13(12-3-2-9-23-12)24(21,22)10-8-18/h2-5,9,13H,6-8,10H2,1H3/t13-/m1/s1. The Kier molecular flexibility index (Phi) is 4.55. The summed E-state index contributed by atoms with van der Waals surface area (Å²) in [5.74, 6) is -0.430. The van der Waals surface area contributed by atoms with Crippen LogP contribution in [0.15, 0.2) is 34.4 Å². The fourth-order valence-electron chi connectivity index (χ4n) is 2.72. The molecule has 3 heterocycles. The number of hydrogen-bond donors (Lipinski definition) is 0. The molecule has 0 aromatic carbocycles. The average molecular weight is 367 g/mol. The predicted octanol–water partition coefficient (Wildman–Crippen LogP) is 0.844. The van der Waals surface area contributed by atoms with Crippen molar-refractivity contribution in [1.82, 2.24) is 14.7 Å². The number of carbonyl (C=O) groups is 1. The molecular weight excluding hydrogens is 350 g/mol. The molecule has 1 saturated heterocycles. The van der Waals surface area contributed by atoms with Crippen molar-refractivity contribution in [1.29, 1.82) is 0 Å². The van der Waals surface area contributed by atoms with Crippen LogP contribution in [-0.4, -0.2) is 47.8 Å². The molecule has 0 N–H and O–H groups in total. The maximum atomic E-state index is 12.6. The molecule has 1 amide bonds. The Labute approximate surface area is 143 Å². The van der Waals surface area contributed by atoms with Crippen LogP contribution in [0.5, 0.6) is 0 Å². The van der Waals surface area contributed by atoms with E-state index in [1.165, 1.54) is 35.4 Å². The van der Waals surface area contributed by atoms with E-state index in [9.17, 15) is 18.0 Å². The lowest BCUT2D eigenvalue weighted by molar-refractivity contribution is 0.0758. The van der Waals surface area contributed by atoms with Gasteiger partial charge in [-0.1, -0.05) is 6.07 Å². The van der Waals surface area contributed by atoms with E-state index in [0.29, 0.717) is 13.0 Å². The molecule has 0 radical (unpaired) electrons. The fourth-order valence-corrected chi connectivity index (χ4v) is 5.72. The number of amides is 1. The number of carbonyl (C=O) groups excluding carboxylic acids is 1. The van der Waals surface area contributed by atoms with Gasteiger partial charge in [0.15, 0.2) is 9.84 Å². The normalized spacial score (nSPS) is 20.5. The van der Waals surface area contributed by atoms with Crippen LogP contribution in [0, 0.1) is 0 Å². The molecule has 0 spiro atoms. The molecule has 128 valence electrons. The van der Waals surface area contributed by atoms with Crippen LogP contribution >= 0.6 is 11.3 Å². The van der Waals surface area contributed by atoms with Crippen LogP contribution in [0.1, 0.15) is 27.0 Å². The second-order valence-electron chi connectivity index (χ2n) is 5.63. The minimum Gasteiger partial charge on any atom is -0.336 e. The van der Waals surface area contributed by atoms with E-state index in [1.54, 1.807) is 0 Å². The predicted molar refractivity (Wildman–Crippen MR) is 90.8 cm³/mol. The molecule has 0 aliphatic carbocycles. The van der Waals surface area contributed by atoms with Gasteiger partial charge >= 0.3 is 0 Å². The van der Waals surface area contributed by atoms with Gasteiger partial charge in [0.1, 0.15) is 5.69 Å². The third kappa shape index (κ3) is 3.27. The summed E-state index contributed by atoms with van der Waals surface area (Å²) in [6, 6.07) is 6.31. The Hall–Kier alpha value is -2.00. The number of nitrogens with zero attached hydrogens (tertiary/aromatic N) is 3. The van der Waals surface area contributed by atoms with E-state index in [1.807, 2.05) is 17.5 Å². The van der Waals surface area contributed by atoms with Crippen molar-refractivity contribution in [2.24, 2.45) is 7.05 Å². The molecule has 9 heteroatoms. The number of rotatable bonds is 2. The van der Waals surface area contributed by atoms with Crippen molar-refractivity contribution < 1.29 is 13.2 Å². The molecule has 2 aromatic rings. The van der Waals surface area contributed by atoms with Gasteiger partial charge in [-0.15, -0.1) is 11.3 Å². The zero-order chi connectivity index (χ0) is 17.3. The van der Waals surface area contributed by atoms with Gasteiger partial charge in [0.25, 0.3) is 11.5 Å². The second-order valence-corrected chi connectivity index (χ2v) is 8.91. The van der Waals surface area contributed by atoms with Crippen LogP contribution in [0.25, 0.3) is 0 Å². The van der Waals surface area contributed by atoms with Gasteiger partial charge in [0.2, 0.25) is 0 Å². The van der Waals surface area contributed by atoms with Crippen LogP contribution < -0.4 is 5.56 Å². The molecule has 1 aliphatic rings. The van der Waals surface area contributed by atoms with Crippen molar-refractivity contribution in [2.45, 2.75) is 11.7 Å². The van der Waals surface area contributed by atoms with Crippen molar-refractivity contribution in [3.63, 3.8) is 0 Å². The van der Waals surface area contributed by atoms with Crippen molar-refractivity contribution >= 4 is 27.1 Å². The van der Waals surface area contributed by atoms with Crippen molar-refractivity contribution in [2.75, 3.05) is 18.8 Å². The lowest BCUT2D eigenvalue weighted by atomic mass is 10.2. The highest BCUT2D eigenvalue weighted by molar-refractivity contribution is 7.91. The maximum Gasteiger partial charge on any atom is 0.274 e. The summed E-state index contributed by atoms with van der Waals surface area (Å²) >= 11 is 1.42. The Morgan fingerprint density at radius 2 is 2.08 bits per heavy atom. The van der Waals surface area contributed by atoms with Gasteiger partial charge in [-0.05, 0) is 23.9 Å². The molecule has 1 fully saturated rings. The number of aryl methyl sites for hydroxylation is 1.